The zero-order valence-electron chi connectivity index (χ0n) is 11.5. The second kappa shape index (κ2) is 4.89. The summed E-state index contributed by atoms with van der Waals surface area (Å²) in [6.07, 6.45) is 7.49. The molecule has 5 atom stereocenters. The SMILES string of the molecule is CC1CN(CC2CC3CCC2C3)C(C)CCN1. The highest BCUT2D eigenvalue weighted by molar-refractivity contribution is 4.92. The lowest BCUT2D eigenvalue weighted by Gasteiger charge is -2.33. The van der Waals surface area contributed by atoms with Gasteiger partial charge in [-0.25, -0.2) is 0 Å². The van der Waals surface area contributed by atoms with Crippen LogP contribution in [-0.2, 0) is 0 Å². The topological polar surface area (TPSA) is 15.3 Å². The van der Waals surface area contributed by atoms with Crippen LogP contribution in [0.5, 0.6) is 0 Å². The van der Waals surface area contributed by atoms with Gasteiger partial charge in [0.1, 0.15) is 0 Å². The first-order chi connectivity index (χ1) is 8.22. The zero-order chi connectivity index (χ0) is 11.8. The van der Waals surface area contributed by atoms with Crippen LogP contribution in [0.4, 0.5) is 0 Å². The molecule has 5 unspecified atom stereocenters. The third kappa shape index (κ3) is 2.53. The molecule has 2 heteroatoms. The van der Waals surface area contributed by atoms with E-state index in [9.17, 15) is 0 Å². The molecule has 0 spiro atoms. The number of rotatable bonds is 2. The summed E-state index contributed by atoms with van der Waals surface area (Å²) in [5.74, 6) is 3.21. The van der Waals surface area contributed by atoms with E-state index in [0.29, 0.717) is 6.04 Å². The van der Waals surface area contributed by atoms with Crippen LogP contribution in [0.25, 0.3) is 0 Å². The Hall–Kier alpha value is -0.0800. The van der Waals surface area contributed by atoms with Crippen molar-refractivity contribution in [1.29, 1.82) is 0 Å². The summed E-state index contributed by atoms with van der Waals surface area (Å²) < 4.78 is 0. The summed E-state index contributed by atoms with van der Waals surface area (Å²) in [4.78, 5) is 2.77. The molecular formula is C15H28N2. The van der Waals surface area contributed by atoms with Gasteiger partial charge < -0.3 is 5.32 Å². The molecular weight excluding hydrogens is 208 g/mol. The summed E-state index contributed by atoms with van der Waals surface area (Å²) in [6, 6.07) is 1.46. The van der Waals surface area contributed by atoms with E-state index < -0.39 is 0 Å². The van der Waals surface area contributed by atoms with Crippen LogP contribution in [-0.4, -0.2) is 36.6 Å². The van der Waals surface area contributed by atoms with E-state index in [1.165, 1.54) is 45.3 Å². The highest BCUT2D eigenvalue weighted by Gasteiger charge is 2.40. The summed E-state index contributed by atoms with van der Waals surface area (Å²) >= 11 is 0. The fourth-order valence-corrected chi connectivity index (χ4v) is 4.47. The molecule has 0 amide bonds. The number of hydrogen-bond donors (Lipinski definition) is 1. The van der Waals surface area contributed by atoms with Crippen molar-refractivity contribution < 1.29 is 0 Å². The van der Waals surface area contributed by atoms with Gasteiger partial charge in [0.2, 0.25) is 0 Å². The van der Waals surface area contributed by atoms with Crippen molar-refractivity contribution >= 4 is 0 Å². The Balaban J connectivity index is 1.59. The summed E-state index contributed by atoms with van der Waals surface area (Å²) in [5, 5.41) is 3.62. The van der Waals surface area contributed by atoms with E-state index in [1.54, 1.807) is 6.42 Å². The predicted molar refractivity (Wildman–Crippen MR) is 72.1 cm³/mol. The number of nitrogens with zero attached hydrogens (tertiary/aromatic N) is 1. The van der Waals surface area contributed by atoms with Crippen LogP contribution in [0.1, 0.15) is 46.0 Å². The van der Waals surface area contributed by atoms with E-state index in [-0.39, 0.29) is 0 Å². The molecule has 0 aromatic heterocycles. The lowest BCUT2D eigenvalue weighted by atomic mass is 9.88. The average molecular weight is 236 g/mol. The Kier molecular flexibility index (Phi) is 3.45. The Bertz CT molecular complexity index is 266. The summed E-state index contributed by atoms with van der Waals surface area (Å²) in [7, 11) is 0. The van der Waals surface area contributed by atoms with Gasteiger partial charge in [0, 0.05) is 25.2 Å². The molecule has 0 radical (unpaired) electrons. The van der Waals surface area contributed by atoms with Crippen molar-refractivity contribution in [1.82, 2.24) is 10.2 Å². The first kappa shape index (κ1) is 12.0. The van der Waals surface area contributed by atoms with Gasteiger partial charge in [0.15, 0.2) is 0 Å². The Labute approximate surface area is 106 Å². The summed E-state index contributed by atoms with van der Waals surface area (Å²) in [5.41, 5.74) is 0. The van der Waals surface area contributed by atoms with Crippen LogP contribution in [0.2, 0.25) is 0 Å². The van der Waals surface area contributed by atoms with E-state index >= 15 is 0 Å². The maximum Gasteiger partial charge on any atom is 0.0166 e. The molecule has 0 aromatic carbocycles. The highest BCUT2D eigenvalue weighted by atomic mass is 15.2. The zero-order valence-corrected chi connectivity index (χ0v) is 11.5. The Morgan fingerprint density at radius 2 is 2.00 bits per heavy atom. The average Bonchev–Trinajstić information content (AvgIpc) is 2.85. The van der Waals surface area contributed by atoms with Crippen LogP contribution in [0.15, 0.2) is 0 Å². The number of nitrogens with one attached hydrogen (secondary N) is 1. The highest BCUT2D eigenvalue weighted by Crippen LogP contribution is 2.48. The molecule has 2 nitrogen and oxygen atoms in total. The first-order valence-corrected chi connectivity index (χ1v) is 7.70. The van der Waals surface area contributed by atoms with E-state index in [2.05, 4.69) is 24.1 Å². The normalized spacial score (nSPS) is 47.3. The Morgan fingerprint density at radius 1 is 1.12 bits per heavy atom. The van der Waals surface area contributed by atoms with Gasteiger partial charge in [0.05, 0.1) is 0 Å². The van der Waals surface area contributed by atoms with Crippen molar-refractivity contribution in [2.24, 2.45) is 17.8 Å². The fourth-order valence-electron chi connectivity index (χ4n) is 4.47. The van der Waals surface area contributed by atoms with Gasteiger partial charge in [-0.05, 0) is 63.8 Å². The molecule has 17 heavy (non-hydrogen) atoms. The summed E-state index contributed by atoms with van der Waals surface area (Å²) in [6.45, 7) is 8.61. The largest absolute Gasteiger partial charge is 0.313 e. The molecule has 2 saturated carbocycles. The van der Waals surface area contributed by atoms with Gasteiger partial charge in [-0.2, -0.15) is 0 Å². The lowest BCUT2D eigenvalue weighted by molar-refractivity contribution is 0.148. The molecule has 1 N–H and O–H groups in total. The van der Waals surface area contributed by atoms with Crippen LogP contribution >= 0.6 is 0 Å². The van der Waals surface area contributed by atoms with Crippen molar-refractivity contribution in [3.63, 3.8) is 0 Å². The minimum Gasteiger partial charge on any atom is -0.313 e. The molecule has 1 aliphatic heterocycles. The first-order valence-electron chi connectivity index (χ1n) is 7.70. The second-order valence-electron chi connectivity index (χ2n) is 6.88. The molecule has 2 aliphatic carbocycles. The standard InChI is InChI=1S/C15H28N2/c1-11-9-17(12(2)5-6-16-11)10-15-8-13-3-4-14(15)7-13/h11-16H,3-10H2,1-2H3. The molecule has 3 rings (SSSR count). The molecule has 0 aromatic rings. The van der Waals surface area contributed by atoms with Crippen molar-refractivity contribution in [2.45, 2.75) is 58.0 Å². The number of hydrogen-bond acceptors (Lipinski definition) is 2. The van der Waals surface area contributed by atoms with Crippen LogP contribution < -0.4 is 5.32 Å². The van der Waals surface area contributed by atoms with Gasteiger partial charge >= 0.3 is 0 Å². The van der Waals surface area contributed by atoms with E-state index in [4.69, 9.17) is 0 Å². The molecule has 3 fully saturated rings. The Morgan fingerprint density at radius 3 is 2.71 bits per heavy atom. The van der Waals surface area contributed by atoms with Gasteiger partial charge in [0.25, 0.3) is 0 Å². The maximum absolute atomic E-state index is 3.62. The van der Waals surface area contributed by atoms with Crippen LogP contribution in [0.3, 0.4) is 0 Å². The van der Waals surface area contributed by atoms with Crippen molar-refractivity contribution in [3.8, 4) is 0 Å². The quantitative estimate of drug-likeness (QED) is 0.792. The third-order valence-corrected chi connectivity index (χ3v) is 5.54. The minimum absolute atomic E-state index is 0.679. The van der Waals surface area contributed by atoms with E-state index in [1.807, 2.05) is 0 Å². The van der Waals surface area contributed by atoms with Crippen LogP contribution in [0, 0.1) is 17.8 Å². The minimum atomic E-state index is 0.679. The monoisotopic (exact) mass is 236 g/mol. The maximum atomic E-state index is 3.62. The number of fused-ring (bicyclic) bond motifs is 2. The predicted octanol–water partition coefficient (Wildman–Crippen LogP) is 2.49. The molecule has 1 heterocycles. The van der Waals surface area contributed by atoms with E-state index in [0.717, 1.165) is 23.8 Å². The molecule has 1 saturated heterocycles. The van der Waals surface area contributed by atoms with Gasteiger partial charge in [-0.1, -0.05) is 6.42 Å². The van der Waals surface area contributed by atoms with Gasteiger partial charge in [-0.15, -0.1) is 0 Å². The second-order valence-corrected chi connectivity index (χ2v) is 6.88. The fraction of sp³-hybridized carbons (Fsp3) is 1.00. The van der Waals surface area contributed by atoms with Gasteiger partial charge in [-0.3, -0.25) is 4.90 Å². The lowest BCUT2D eigenvalue weighted by Crippen LogP contribution is -2.42. The molecule has 2 bridgehead atoms. The smallest absolute Gasteiger partial charge is 0.0166 e. The van der Waals surface area contributed by atoms with Crippen molar-refractivity contribution in [2.75, 3.05) is 19.6 Å². The third-order valence-electron chi connectivity index (χ3n) is 5.54. The molecule has 98 valence electrons. The molecule has 3 aliphatic rings. The van der Waals surface area contributed by atoms with Crippen molar-refractivity contribution in [3.05, 3.63) is 0 Å².